The number of amides is 1. The molecule has 2 rings (SSSR count). The van der Waals surface area contributed by atoms with Gasteiger partial charge in [0.15, 0.2) is 0 Å². The molecule has 4 nitrogen and oxygen atoms in total. The van der Waals surface area contributed by atoms with Crippen LogP contribution in [0.15, 0.2) is 53.4 Å². The van der Waals surface area contributed by atoms with E-state index in [0.717, 1.165) is 4.90 Å². The van der Waals surface area contributed by atoms with Crippen molar-refractivity contribution in [1.82, 2.24) is 5.32 Å². The van der Waals surface area contributed by atoms with Crippen molar-refractivity contribution in [1.29, 1.82) is 0 Å². The molecule has 104 valence electrons. The van der Waals surface area contributed by atoms with Crippen molar-refractivity contribution in [3.05, 3.63) is 54.1 Å². The lowest BCUT2D eigenvalue weighted by atomic mass is 10.2. The van der Waals surface area contributed by atoms with Crippen LogP contribution in [0.3, 0.4) is 0 Å². The standard InChI is InChI=1S/C15H16N2O2S/c16-12-6-7-14(18)11(8-12)9-17-15(19)10-20-13-4-2-1-3-5-13/h1-8,18H,9-10,16H2,(H,17,19). The Morgan fingerprint density at radius 2 is 1.95 bits per heavy atom. The first kappa shape index (κ1) is 14.3. The van der Waals surface area contributed by atoms with Crippen LogP contribution in [0.4, 0.5) is 5.69 Å². The summed E-state index contributed by atoms with van der Waals surface area (Å²) >= 11 is 1.47. The molecule has 0 unspecified atom stereocenters. The van der Waals surface area contributed by atoms with Crippen molar-refractivity contribution in [2.24, 2.45) is 0 Å². The molecule has 2 aromatic carbocycles. The number of nitrogens with one attached hydrogen (secondary N) is 1. The van der Waals surface area contributed by atoms with E-state index < -0.39 is 0 Å². The van der Waals surface area contributed by atoms with E-state index in [1.54, 1.807) is 12.1 Å². The normalized spacial score (nSPS) is 10.2. The fourth-order valence-electron chi connectivity index (χ4n) is 1.66. The van der Waals surface area contributed by atoms with Crippen molar-refractivity contribution in [3.8, 4) is 5.75 Å². The largest absolute Gasteiger partial charge is 0.508 e. The number of nitrogens with two attached hydrogens (primary N) is 1. The fraction of sp³-hybridized carbons (Fsp3) is 0.133. The van der Waals surface area contributed by atoms with Crippen molar-refractivity contribution < 1.29 is 9.90 Å². The highest BCUT2D eigenvalue weighted by Gasteiger charge is 2.05. The molecule has 0 aromatic heterocycles. The Bertz CT molecular complexity index is 588. The summed E-state index contributed by atoms with van der Waals surface area (Å²) in [5.74, 6) is 0.392. The maximum atomic E-state index is 11.7. The average molecular weight is 288 g/mol. The van der Waals surface area contributed by atoms with Gasteiger partial charge in [-0.05, 0) is 30.3 Å². The highest BCUT2D eigenvalue weighted by molar-refractivity contribution is 8.00. The van der Waals surface area contributed by atoms with Gasteiger partial charge in [-0.2, -0.15) is 0 Å². The maximum Gasteiger partial charge on any atom is 0.230 e. The van der Waals surface area contributed by atoms with Gasteiger partial charge >= 0.3 is 0 Å². The molecule has 0 atom stereocenters. The van der Waals surface area contributed by atoms with Crippen molar-refractivity contribution >= 4 is 23.4 Å². The lowest BCUT2D eigenvalue weighted by Gasteiger charge is -2.08. The topological polar surface area (TPSA) is 75.3 Å². The predicted octanol–water partition coefficient (Wildman–Crippen LogP) is 2.38. The predicted molar refractivity (Wildman–Crippen MR) is 81.5 cm³/mol. The SMILES string of the molecule is Nc1ccc(O)c(CNC(=O)CSc2ccccc2)c1. The number of phenolic OH excluding ortho intramolecular Hbond substituents is 1. The first-order valence-electron chi connectivity index (χ1n) is 6.17. The first-order chi connectivity index (χ1) is 9.65. The molecule has 20 heavy (non-hydrogen) atoms. The molecular formula is C15H16N2O2S. The van der Waals surface area contributed by atoms with E-state index in [1.807, 2.05) is 30.3 Å². The number of aromatic hydroxyl groups is 1. The minimum absolute atomic E-state index is 0.0827. The van der Waals surface area contributed by atoms with Gasteiger partial charge in [-0.3, -0.25) is 4.79 Å². The van der Waals surface area contributed by atoms with Crippen LogP contribution in [0.1, 0.15) is 5.56 Å². The molecule has 0 saturated heterocycles. The highest BCUT2D eigenvalue weighted by Crippen LogP contribution is 2.20. The Kier molecular flexibility index (Phi) is 4.90. The Balaban J connectivity index is 1.82. The average Bonchev–Trinajstić information content (AvgIpc) is 2.47. The third kappa shape index (κ3) is 4.20. The molecule has 0 heterocycles. The number of benzene rings is 2. The van der Waals surface area contributed by atoms with Crippen LogP contribution >= 0.6 is 11.8 Å². The van der Waals surface area contributed by atoms with Crippen LogP contribution in [0, 0.1) is 0 Å². The highest BCUT2D eigenvalue weighted by atomic mass is 32.2. The molecule has 0 bridgehead atoms. The summed E-state index contributed by atoms with van der Waals surface area (Å²) in [7, 11) is 0. The summed E-state index contributed by atoms with van der Waals surface area (Å²) in [5, 5.41) is 12.4. The minimum atomic E-state index is -0.0827. The lowest BCUT2D eigenvalue weighted by Crippen LogP contribution is -2.24. The molecule has 0 aliphatic heterocycles. The summed E-state index contributed by atoms with van der Waals surface area (Å²) in [4.78, 5) is 12.8. The third-order valence-corrected chi connectivity index (χ3v) is 3.70. The van der Waals surface area contributed by atoms with E-state index in [-0.39, 0.29) is 18.2 Å². The molecule has 0 fully saturated rings. The van der Waals surface area contributed by atoms with Crippen molar-refractivity contribution in [2.45, 2.75) is 11.4 Å². The molecule has 1 amide bonds. The van der Waals surface area contributed by atoms with Crippen molar-refractivity contribution in [2.75, 3.05) is 11.5 Å². The molecule has 5 heteroatoms. The van der Waals surface area contributed by atoms with Gasteiger partial charge in [0.25, 0.3) is 0 Å². The number of carbonyl (C=O) groups is 1. The van der Waals surface area contributed by atoms with Crippen molar-refractivity contribution in [3.63, 3.8) is 0 Å². The van der Waals surface area contributed by atoms with Gasteiger partial charge in [-0.25, -0.2) is 0 Å². The summed E-state index contributed by atoms with van der Waals surface area (Å²) in [6.07, 6.45) is 0. The molecule has 0 spiro atoms. The summed E-state index contributed by atoms with van der Waals surface area (Å²) in [6.45, 7) is 0.269. The molecular weight excluding hydrogens is 272 g/mol. The number of phenols is 1. The molecule has 2 aromatic rings. The Hall–Kier alpha value is -2.14. The number of anilines is 1. The van der Waals surface area contributed by atoms with Gasteiger partial charge in [0, 0.05) is 22.7 Å². The second-order valence-electron chi connectivity index (χ2n) is 4.27. The van der Waals surface area contributed by atoms with Gasteiger partial charge in [0.1, 0.15) is 5.75 Å². The molecule has 0 aliphatic rings. The van der Waals surface area contributed by atoms with Gasteiger partial charge in [-0.15, -0.1) is 11.8 Å². The smallest absolute Gasteiger partial charge is 0.230 e. The van der Waals surface area contributed by atoms with Crippen LogP contribution in [0.2, 0.25) is 0 Å². The maximum absolute atomic E-state index is 11.7. The van der Waals surface area contributed by atoms with E-state index >= 15 is 0 Å². The van der Waals surface area contributed by atoms with E-state index in [4.69, 9.17) is 5.73 Å². The van der Waals surface area contributed by atoms with E-state index in [2.05, 4.69) is 5.32 Å². The zero-order valence-electron chi connectivity index (χ0n) is 10.9. The number of hydrogen-bond donors (Lipinski definition) is 3. The zero-order valence-corrected chi connectivity index (χ0v) is 11.7. The Labute approximate surface area is 122 Å². The molecule has 0 radical (unpaired) electrons. The minimum Gasteiger partial charge on any atom is -0.508 e. The van der Waals surface area contributed by atoms with E-state index in [1.165, 1.54) is 17.8 Å². The number of carbonyl (C=O) groups excluding carboxylic acids is 1. The Morgan fingerprint density at radius 3 is 2.70 bits per heavy atom. The van der Waals surface area contributed by atoms with Crippen LogP contribution < -0.4 is 11.1 Å². The van der Waals surface area contributed by atoms with E-state index in [0.29, 0.717) is 17.0 Å². The summed E-state index contributed by atoms with van der Waals surface area (Å²) < 4.78 is 0. The van der Waals surface area contributed by atoms with Gasteiger partial charge in [0.2, 0.25) is 5.91 Å². The van der Waals surface area contributed by atoms with Crippen LogP contribution in [-0.2, 0) is 11.3 Å². The third-order valence-electron chi connectivity index (χ3n) is 2.69. The second kappa shape index (κ2) is 6.86. The van der Waals surface area contributed by atoms with Gasteiger partial charge < -0.3 is 16.2 Å². The summed E-state index contributed by atoms with van der Waals surface area (Å²) in [6, 6.07) is 14.5. The van der Waals surface area contributed by atoms with Crippen LogP contribution in [0.5, 0.6) is 5.75 Å². The number of thioether (sulfide) groups is 1. The van der Waals surface area contributed by atoms with Crippen LogP contribution in [-0.4, -0.2) is 16.8 Å². The van der Waals surface area contributed by atoms with Gasteiger partial charge in [0.05, 0.1) is 5.75 Å². The molecule has 4 N–H and O–H groups in total. The quantitative estimate of drug-likeness (QED) is 0.448. The van der Waals surface area contributed by atoms with Crippen LogP contribution in [0.25, 0.3) is 0 Å². The summed E-state index contributed by atoms with van der Waals surface area (Å²) in [5.41, 5.74) is 6.82. The fourth-order valence-corrected chi connectivity index (χ4v) is 2.41. The van der Waals surface area contributed by atoms with Gasteiger partial charge in [-0.1, -0.05) is 18.2 Å². The van der Waals surface area contributed by atoms with E-state index in [9.17, 15) is 9.90 Å². The lowest BCUT2D eigenvalue weighted by molar-refractivity contribution is -0.118. The zero-order chi connectivity index (χ0) is 14.4. The second-order valence-corrected chi connectivity index (χ2v) is 5.32. The molecule has 0 aliphatic carbocycles. The first-order valence-corrected chi connectivity index (χ1v) is 7.15. The monoisotopic (exact) mass is 288 g/mol. The Morgan fingerprint density at radius 1 is 1.20 bits per heavy atom. The number of nitrogen functional groups attached to an aromatic ring is 1. The number of rotatable bonds is 5. The number of hydrogen-bond acceptors (Lipinski definition) is 4. The molecule has 0 saturated carbocycles.